The molecule has 0 saturated carbocycles. The molecule has 0 unspecified atom stereocenters. The van der Waals surface area contributed by atoms with Crippen LogP contribution in [0.15, 0.2) is 24.3 Å². The minimum absolute atomic E-state index is 0.131. The van der Waals surface area contributed by atoms with E-state index in [9.17, 15) is 8.42 Å². The van der Waals surface area contributed by atoms with Crippen LogP contribution >= 0.6 is 11.6 Å². The lowest BCUT2D eigenvalue weighted by atomic mass is 10.0. The van der Waals surface area contributed by atoms with E-state index in [0.717, 1.165) is 5.56 Å². The zero-order valence-corrected chi connectivity index (χ0v) is 11.7. The molecule has 1 saturated heterocycles. The predicted molar refractivity (Wildman–Crippen MR) is 69.6 cm³/mol. The molecule has 0 aromatic heterocycles. The van der Waals surface area contributed by atoms with Crippen LogP contribution in [0.3, 0.4) is 0 Å². The van der Waals surface area contributed by atoms with Crippen LogP contribution in [0, 0.1) is 0 Å². The summed E-state index contributed by atoms with van der Waals surface area (Å²) in [5.74, 6) is 0.147. The van der Waals surface area contributed by atoms with Gasteiger partial charge in [0.1, 0.15) is 0 Å². The summed E-state index contributed by atoms with van der Waals surface area (Å²) >= 11 is 6.12. The number of hydrogen-bond donors (Lipinski definition) is 0. The van der Waals surface area contributed by atoms with Gasteiger partial charge in [0.25, 0.3) is 0 Å². The fourth-order valence-electron chi connectivity index (χ4n) is 2.30. The Hall–Kier alpha value is -0.580. The highest BCUT2D eigenvalue weighted by Crippen LogP contribution is 2.43. The van der Waals surface area contributed by atoms with Crippen molar-refractivity contribution in [3.05, 3.63) is 34.9 Å². The molecule has 0 amide bonds. The standard InChI is InChI=1S/C12H16ClNO2S/c1-12(2,3)14-11(8-17(14,15)16)9-6-4-5-7-10(9)13/h4-7,11H,8H2,1-3H3/t11-/m0/s1. The zero-order valence-electron chi connectivity index (χ0n) is 10.1. The molecule has 2 rings (SSSR count). The summed E-state index contributed by atoms with van der Waals surface area (Å²) < 4.78 is 25.2. The number of halogens is 1. The van der Waals surface area contributed by atoms with Crippen LogP contribution in [0.2, 0.25) is 5.02 Å². The van der Waals surface area contributed by atoms with E-state index in [4.69, 9.17) is 11.6 Å². The molecule has 17 heavy (non-hydrogen) atoms. The first kappa shape index (κ1) is 12.9. The van der Waals surface area contributed by atoms with Crippen molar-refractivity contribution in [2.24, 2.45) is 0 Å². The molecule has 1 aliphatic heterocycles. The number of benzene rings is 1. The summed E-state index contributed by atoms with van der Waals surface area (Å²) in [6.45, 7) is 5.69. The van der Waals surface area contributed by atoms with Gasteiger partial charge in [-0.2, -0.15) is 4.31 Å². The van der Waals surface area contributed by atoms with E-state index < -0.39 is 15.6 Å². The molecular formula is C12H16ClNO2S. The second kappa shape index (κ2) is 3.97. The van der Waals surface area contributed by atoms with Crippen LogP contribution < -0.4 is 0 Å². The maximum atomic E-state index is 11.8. The van der Waals surface area contributed by atoms with Gasteiger partial charge in [-0.25, -0.2) is 8.42 Å². The van der Waals surface area contributed by atoms with Gasteiger partial charge < -0.3 is 0 Å². The Morgan fingerprint density at radius 3 is 2.35 bits per heavy atom. The first-order chi connectivity index (χ1) is 7.73. The fraction of sp³-hybridized carbons (Fsp3) is 0.500. The molecule has 0 bridgehead atoms. The molecule has 1 atom stereocenters. The minimum atomic E-state index is -3.12. The van der Waals surface area contributed by atoms with Gasteiger partial charge in [-0.05, 0) is 32.4 Å². The molecule has 94 valence electrons. The van der Waals surface area contributed by atoms with Gasteiger partial charge in [0.15, 0.2) is 0 Å². The van der Waals surface area contributed by atoms with Gasteiger partial charge in [0.05, 0.1) is 11.8 Å². The van der Waals surface area contributed by atoms with Crippen LogP contribution in [0.1, 0.15) is 32.4 Å². The SMILES string of the molecule is CC(C)(C)N1[C@H](c2ccccc2Cl)CS1(=O)=O. The Labute approximate surface area is 107 Å². The first-order valence-electron chi connectivity index (χ1n) is 5.50. The quantitative estimate of drug-likeness (QED) is 0.789. The van der Waals surface area contributed by atoms with Gasteiger partial charge >= 0.3 is 0 Å². The van der Waals surface area contributed by atoms with E-state index in [2.05, 4.69) is 0 Å². The van der Waals surface area contributed by atoms with Crippen molar-refractivity contribution in [2.45, 2.75) is 32.4 Å². The van der Waals surface area contributed by atoms with E-state index in [1.807, 2.05) is 39.0 Å². The van der Waals surface area contributed by atoms with Crippen molar-refractivity contribution in [2.75, 3.05) is 5.75 Å². The van der Waals surface area contributed by atoms with E-state index >= 15 is 0 Å². The van der Waals surface area contributed by atoms with E-state index in [1.54, 1.807) is 10.4 Å². The van der Waals surface area contributed by atoms with Gasteiger partial charge in [-0.1, -0.05) is 29.8 Å². The average Bonchev–Trinajstić information content (AvgIpc) is 2.12. The highest BCUT2D eigenvalue weighted by atomic mass is 35.5. The lowest BCUT2D eigenvalue weighted by molar-refractivity contribution is 0.168. The summed E-state index contributed by atoms with van der Waals surface area (Å²) in [5, 5.41) is 0.627. The molecular weight excluding hydrogens is 258 g/mol. The molecule has 5 heteroatoms. The van der Waals surface area contributed by atoms with Crippen LogP contribution in [-0.4, -0.2) is 24.0 Å². The molecule has 0 N–H and O–H groups in total. The average molecular weight is 274 g/mol. The number of nitrogens with zero attached hydrogens (tertiary/aromatic N) is 1. The predicted octanol–water partition coefficient (Wildman–Crippen LogP) is 2.83. The Morgan fingerprint density at radius 1 is 1.29 bits per heavy atom. The maximum Gasteiger partial charge on any atom is 0.217 e. The Balaban J connectivity index is 2.41. The molecule has 0 spiro atoms. The zero-order chi connectivity index (χ0) is 12.8. The van der Waals surface area contributed by atoms with E-state index in [-0.39, 0.29) is 11.8 Å². The molecule has 1 aliphatic rings. The second-order valence-electron chi connectivity index (χ2n) is 5.28. The lowest BCUT2D eigenvalue weighted by Crippen LogP contribution is -2.58. The molecule has 1 fully saturated rings. The van der Waals surface area contributed by atoms with Gasteiger partial charge in [0, 0.05) is 10.6 Å². The summed E-state index contributed by atoms with van der Waals surface area (Å²) in [4.78, 5) is 0. The molecule has 3 nitrogen and oxygen atoms in total. The Morgan fingerprint density at radius 2 is 1.88 bits per heavy atom. The van der Waals surface area contributed by atoms with Gasteiger partial charge in [-0.3, -0.25) is 0 Å². The van der Waals surface area contributed by atoms with Crippen LogP contribution in [-0.2, 0) is 10.0 Å². The molecule has 1 heterocycles. The Bertz CT molecular complexity index is 534. The fourth-order valence-corrected chi connectivity index (χ4v) is 4.60. The third kappa shape index (κ3) is 2.21. The minimum Gasteiger partial charge on any atom is -0.212 e. The summed E-state index contributed by atoms with van der Waals surface area (Å²) in [6.07, 6.45) is 0. The smallest absolute Gasteiger partial charge is 0.212 e. The van der Waals surface area contributed by atoms with Crippen molar-refractivity contribution < 1.29 is 8.42 Å². The van der Waals surface area contributed by atoms with E-state index in [0.29, 0.717) is 5.02 Å². The summed E-state index contributed by atoms with van der Waals surface area (Å²) in [6, 6.07) is 7.28. The van der Waals surface area contributed by atoms with Crippen LogP contribution in [0.25, 0.3) is 0 Å². The highest BCUT2D eigenvalue weighted by molar-refractivity contribution is 7.90. The summed E-state index contributed by atoms with van der Waals surface area (Å²) in [7, 11) is -3.12. The molecule has 1 aromatic carbocycles. The monoisotopic (exact) mass is 273 g/mol. The van der Waals surface area contributed by atoms with Crippen molar-refractivity contribution in [1.29, 1.82) is 0 Å². The van der Waals surface area contributed by atoms with Crippen molar-refractivity contribution in [3.63, 3.8) is 0 Å². The van der Waals surface area contributed by atoms with Crippen molar-refractivity contribution >= 4 is 21.6 Å². The van der Waals surface area contributed by atoms with Crippen molar-refractivity contribution in [1.82, 2.24) is 4.31 Å². The maximum absolute atomic E-state index is 11.8. The largest absolute Gasteiger partial charge is 0.217 e. The molecule has 0 radical (unpaired) electrons. The van der Waals surface area contributed by atoms with Crippen LogP contribution in [0.4, 0.5) is 0 Å². The lowest BCUT2D eigenvalue weighted by Gasteiger charge is -2.48. The number of hydrogen-bond acceptors (Lipinski definition) is 2. The summed E-state index contributed by atoms with van der Waals surface area (Å²) in [5.41, 5.74) is 0.472. The normalized spacial score (nSPS) is 24.4. The van der Waals surface area contributed by atoms with E-state index in [1.165, 1.54) is 0 Å². The molecule has 1 aromatic rings. The first-order valence-corrected chi connectivity index (χ1v) is 7.49. The number of rotatable bonds is 1. The third-order valence-electron chi connectivity index (χ3n) is 2.88. The van der Waals surface area contributed by atoms with Crippen molar-refractivity contribution in [3.8, 4) is 0 Å². The second-order valence-corrected chi connectivity index (χ2v) is 7.58. The molecule has 0 aliphatic carbocycles. The Kier molecular flexibility index (Phi) is 3.00. The highest BCUT2D eigenvalue weighted by Gasteiger charge is 2.50. The number of sulfonamides is 1. The topological polar surface area (TPSA) is 37.4 Å². The van der Waals surface area contributed by atoms with Crippen LogP contribution in [0.5, 0.6) is 0 Å². The third-order valence-corrected chi connectivity index (χ3v) is 5.36. The van der Waals surface area contributed by atoms with Gasteiger partial charge in [-0.15, -0.1) is 0 Å². The van der Waals surface area contributed by atoms with Gasteiger partial charge in [0.2, 0.25) is 10.0 Å².